The molecule has 0 aliphatic carbocycles. The Morgan fingerprint density at radius 1 is 1.70 bits per heavy atom. The van der Waals surface area contributed by atoms with Gasteiger partial charge in [0, 0.05) is 12.9 Å². The summed E-state index contributed by atoms with van der Waals surface area (Å²) in [4.78, 5) is 2.18. The second kappa shape index (κ2) is 2.19. The predicted octanol–water partition coefficient (Wildman–Crippen LogP) is -1.73. The Labute approximate surface area is 59.4 Å². The van der Waals surface area contributed by atoms with Gasteiger partial charge in [-0.1, -0.05) is 0 Å². The lowest BCUT2D eigenvalue weighted by Gasteiger charge is -2.25. The van der Waals surface area contributed by atoms with Crippen molar-refractivity contribution in [1.82, 2.24) is 21.2 Å². The lowest BCUT2D eigenvalue weighted by Crippen LogP contribution is -2.54. The lowest BCUT2D eigenvalue weighted by atomic mass is 10.2. The second-order valence-corrected chi connectivity index (χ2v) is 2.62. The van der Waals surface area contributed by atoms with Crippen LogP contribution in [0.3, 0.4) is 0 Å². The van der Waals surface area contributed by atoms with Crippen LogP contribution in [-0.2, 0) is 0 Å². The molecule has 0 spiro atoms. The Kier molecular flexibility index (Phi) is 1.33. The van der Waals surface area contributed by atoms with E-state index < -0.39 is 0 Å². The van der Waals surface area contributed by atoms with Crippen molar-refractivity contribution in [3.05, 3.63) is 0 Å². The first-order chi connectivity index (χ1) is 4.88. The highest BCUT2D eigenvalue weighted by Gasteiger charge is 2.31. The van der Waals surface area contributed by atoms with Crippen molar-refractivity contribution in [3.63, 3.8) is 0 Å². The van der Waals surface area contributed by atoms with Crippen molar-refractivity contribution in [1.29, 1.82) is 0 Å². The maximum atomic E-state index is 3.88. The van der Waals surface area contributed by atoms with E-state index in [4.69, 9.17) is 0 Å². The van der Waals surface area contributed by atoms with Crippen molar-refractivity contribution in [3.8, 4) is 0 Å². The van der Waals surface area contributed by atoms with Gasteiger partial charge in [-0.2, -0.15) is 5.10 Å². The number of hydrazone groups is 1. The average molecular weight is 141 g/mol. The van der Waals surface area contributed by atoms with E-state index in [0.717, 1.165) is 6.67 Å². The van der Waals surface area contributed by atoms with Gasteiger partial charge in [0.2, 0.25) is 0 Å². The van der Waals surface area contributed by atoms with Gasteiger partial charge in [0.1, 0.15) is 6.17 Å². The number of hydrogen-bond acceptors (Lipinski definition) is 5. The number of nitrogens with one attached hydrogen (secondary N) is 3. The molecule has 1 fully saturated rings. The van der Waals surface area contributed by atoms with Crippen LogP contribution in [0.1, 0.15) is 0 Å². The zero-order valence-corrected chi connectivity index (χ0v) is 5.83. The Morgan fingerprint density at radius 2 is 2.60 bits per heavy atom. The minimum Gasteiger partial charge on any atom is -0.294 e. The van der Waals surface area contributed by atoms with Crippen LogP contribution in [0.5, 0.6) is 0 Å². The Balaban J connectivity index is 2.12. The Morgan fingerprint density at radius 3 is 3.40 bits per heavy atom. The van der Waals surface area contributed by atoms with E-state index >= 15 is 0 Å². The molecule has 1 saturated heterocycles. The lowest BCUT2D eigenvalue weighted by molar-refractivity contribution is 0.233. The molecule has 2 atom stereocenters. The molecule has 5 nitrogen and oxygen atoms in total. The third kappa shape index (κ3) is 0.792. The predicted molar refractivity (Wildman–Crippen MR) is 38.1 cm³/mol. The highest BCUT2D eigenvalue weighted by molar-refractivity contribution is 5.66. The second-order valence-electron chi connectivity index (χ2n) is 2.62. The molecule has 3 N–H and O–H groups in total. The smallest absolute Gasteiger partial charge is 0.101 e. The summed E-state index contributed by atoms with van der Waals surface area (Å²) in [6.45, 7) is 0.913. The fraction of sp³-hybridized carbons (Fsp3) is 0.800. The standard InChI is InChI=1S/C5H11N5/c1-10-3-6-4-2-7-9-8-5(4)10/h2,4-6,8-9H,3H2,1H3. The van der Waals surface area contributed by atoms with Crippen molar-refractivity contribution < 1.29 is 0 Å². The Bertz CT molecular complexity index is 156. The minimum atomic E-state index is 0.345. The maximum Gasteiger partial charge on any atom is 0.101 e. The fourth-order valence-electron chi connectivity index (χ4n) is 1.29. The van der Waals surface area contributed by atoms with Gasteiger partial charge in [-0.05, 0) is 7.05 Å². The minimum absolute atomic E-state index is 0.345. The van der Waals surface area contributed by atoms with Gasteiger partial charge in [0.05, 0.1) is 6.04 Å². The number of rotatable bonds is 0. The van der Waals surface area contributed by atoms with Crippen LogP contribution >= 0.6 is 0 Å². The summed E-state index contributed by atoms with van der Waals surface area (Å²) in [5.41, 5.74) is 5.77. The van der Waals surface area contributed by atoms with Crippen LogP contribution in [-0.4, -0.2) is 37.0 Å². The van der Waals surface area contributed by atoms with Crippen LogP contribution < -0.4 is 16.3 Å². The van der Waals surface area contributed by atoms with E-state index in [1.54, 1.807) is 0 Å². The zero-order valence-electron chi connectivity index (χ0n) is 5.83. The van der Waals surface area contributed by atoms with Crippen LogP contribution in [0.25, 0.3) is 0 Å². The van der Waals surface area contributed by atoms with Crippen molar-refractivity contribution in [2.45, 2.75) is 12.2 Å². The molecule has 0 radical (unpaired) electrons. The van der Waals surface area contributed by atoms with E-state index in [2.05, 4.69) is 33.3 Å². The highest BCUT2D eigenvalue weighted by atomic mass is 15.6. The van der Waals surface area contributed by atoms with E-state index in [9.17, 15) is 0 Å². The van der Waals surface area contributed by atoms with Crippen molar-refractivity contribution in [2.75, 3.05) is 13.7 Å². The molecule has 5 heteroatoms. The summed E-state index contributed by atoms with van der Waals surface area (Å²) in [7, 11) is 2.06. The maximum absolute atomic E-state index is 3.88. The summed E-state index contributed by atoms with van der Waals surface area (Å²) < 4.78 is 0. The molecule has 2 unspecified atom stereocenters. The van der Waals surface area contributed by atoms with Crippen molar-refractivity contribution in [2.24, 2.45) is 5.10 Å². The SMILES string of the molecule is CN1CNC2C=NNNC21. The number of fused-ring (bicyclic) bond motifs is 1. The first kappa shape index (κ1) is 6.09. The molecular formula is C5H11N5. The molecule has 2 aliphatic rings. The number of likely N-dealkylation sites (N-methyl/N-ethyl adjacent to an activating group) is 1. The van der Waals surface area contributed by atoms with Gasteiger partial charge in [-0.3, -0.25) is 10.2 Å². The van der Waals surface area contributed by atoms with E-state index in [-0.39, 0.29) is 0 Å². The van der Waals surface area contributed by atoms with E-state index in [1.807, 2.05) is 6.21 Å². The molecule has 2 aliphatic heterocycles. The topological polar surface area (TPSA) is 51.7 Å². The quantitative estimate of drug-likeness (QED) is 0.375. The molecule has 0 aromatic carbocycles. The highest BCUT2D eigenvalue weighted by Crippen LogP contribution is 2.05. The third-order valence-corrected chi connectivity index (χ3v) is 1.90. The Hall–Kier alpha value is -0.650. The summed E-state index contributed by atoms with van der Waals surface area (Å²) in [6, 6.07) is 0.353. The van der Waals surface area contributed by atoms with Gasteiger partial charge in [-0.25, -0.2) is 11.0 Å². The number of hydrogen-bond donors (Lipinski definition) is 3. The zero-order chi connectivity index (χ0) is 6.97. The van der Waals surface area contributed by atoms with E-state index in [1.165, 1.54) is 0 Å². The summed E-state index contributed by atoms with van der Waals surface area (Å²) >= 11 is 0. The van der Waals surface area contributed by atoms with Crippen molar-refractivity contribution >= 4 is 6.21 Å². The van der Waals surface area contributed by atoms with Crippen LogP contribution in [0.4, 0.5) is 0 Å². The fourth-order valence-corrected chi connectivity index (χ4v) is 1.29. The molecule has 2 rings (SSSR count). The normalized spacial score (nSPS) is 39.3. The number of nitrogens with zero attached hydrogens (tertiary/aromatic N) is 2. The molecule has 0 amide bonds. The molecule has 56 valence electrons. The van der Waals surface area contributed by atoms with Crippen LogP contribution in [0.15, 0.2) is 5.10 Å². The van der Waals surface area contributed by atoms with Crippen LogP contribution in [0.2, 0.25) is 0 Å². The summed E-state index contributed by atoms with van der Waals surface area (Å²) in [5.74, 6) is 0. The first-order valence-corrected chi connectivity index (χ1v) is 3.35. The van der Waals surface area contributed by atoms with Gasteiger partial charge in [-0.15, -0.1) is 0 Å². The molecular weight excluding hydrogens is 130 g/mol. The van der Waals surface area contributed by atoms with Gasteiger partial charge < -0.3 is 0 Å². The van der Waals surface area contributed by atoms with Gasteiger partial charge >= 0.3 is 0 Å². The van der Waals surface area contributed by atoms with Crippen LogP contribution in [0, 0.1) is 0 Å². The first-order valence-electron chi connectivity index (χ1n) is 3.35. The molecule has 0 aromatic rings. The molecule has 0 bridgehead atoms. The monoisotopic (exact) mass is 141 g/mol. The molecule has 0 aromatic heterocycles. The number of hydrazine groups is 1. The summed E-state index contributed by atoms with van der Waals surface area (Å²) in [6.07, 6.45) is 2.22. The average Bonchev–Trinajstić information content (AvgIpc) is 2.34. The molecule has 10 heavy (non-hydrogen) atoms. The largest absolute Gasteiger partial charge is 0.294 e. The summed E-state index contributed by atoms with van der Waals surface area (Å²) in [5, 5.41) is 7.16. The van der Waals surface area contributed by atoms with E-state index in [0.29, 0.717) is 12.2 Å². The third-order valence-electron chi connectivity index (χ3n) is 1.90. The molecule has 2 heterocycles. The molecule has 0 saturated carbocycles. The van der Waals surface area contributed by atoms with Gasteiger partial charge in [0.25, 0.3) is 0 Å². The van der Waals surface area contributed by atoms with Gasteiger partial charge in [0.15, 0.2) is 0 Å².